The van der Waals surface area contributed by atoms with Gasteiger partial charge in [0.15, 0.2) is 0 Å². The average molecular weight is 218 g/mol. The van der Waals surface area contributed by atoms with E-state index in [1.807, 2.05) is 13.0 Å². The molecule has 0 bridgehead atoms. The zero-order valence-corrected chi connectivity index (χ0v) is 9.77. The van der Waals surface area contributed by atoms with E-state index in [1.54, 1.807) is 11.3 Å². The predicted octanol–water partition coefficient (Wildman–Crippen LogP) is 3.52. The smallest absolute Gasteiger partial charge is 0.0684 e. The first-order valence-corrected chi connectivity index (χ1v) is 5.79. The van der Waals surface area contributed by atoms with Gasteiger partial charge in [-0.2, -0.15) is 0 Å². The molecule has 0 atom stereocenters. The third-order valence-electron chi connectivity index (χ3n) is 2.54. The molecule has 0 saturated heterocycles. The highest BCUT2D eigenvalue weighted by molar-refractivity contribution is 7.15. The lowest BCUT2D eigenvalue weighted by Gasteiger charge is -2.04. The maximum Gasteiger partial charge on any atom is 0.0684 e. The SMILES string of the molecule is Cc1ccc(-c2ccc(CO)c(C)c2)s1. The summed E-state index contributed by atoms with van der Waals surface area (Å²) in [4.78, 5) is 2.62. The molecule has 2 aromatic rings. The maximum atomic E-state index is 9.09. The van der Waals surface area contributed by atoms with E-state index in [9.17, 15) is 0 Å². The average Bonchev–Trinajstić information content (AvgIpc) is 2.65. The summed E-state index contributed by atoms with van der Waals surface area (Å²) in [5.74, 6) is 0. The van der Waals surface area contributed by atoms with Gasteiger partial charge >= 0.3 is 0 Å². The van der Waals surface area contributed by atoms with E-state index in [2.05, 4.69) is 31.2 Å². The Hall–Kier alpha value is -1.12. The van der Waals surface area contributed by atoms with Crippen LogP contribution in [0.15, 0.2) is 30.3 Å². The first-order chi connectivity index (χ1) is 7.20. The lowest BCUT2D eigenvalue weighted by atomic mass is 10.0. The molecule has 1 aromatic carbocycles. The standard InChI is InChI=1S/C13H14OS/c1-9-7-11(4-5-12(9)8-14)13-6-3-10(2)15-13/h3-7,14H,8H2,1-2H3. The van der Waals surface area contributed by atoms with Crippen LogP contribution >= 0.6 is 11.3 Å². The van der Waals surface area contributed by atoms with Gasteiger partial charge < -0.3 is 5.11 Å². The molecular weight excluding hydrogens is 204 g/mol. The highest BCUT2D eigenvalue weighted by atomic mass is 32.1. The van der Waals surface area contributed by atoms with Crippen LogP contribution in [0.2, 0.25) is 0 Å². The number of rotatable bonds is 2. The molecular formula is C13H14OS. The van der Waals surface area contributed by atoms with E-state index in [-0.39, 0.29) is 6.61 Å². The largest absolute Gasteiger partial charge is 0.392 e. The van der Waals surface area contributed by atoms with Crippen LogP contribution in [0.25, 0.3) is 10.4 Å². The van der Waals surface area contributed by atoms with Crippen molar-refractivity contribution in [1.82, 2.24) is 0 Å². The third-order valence-corrected chi connectivity index (χ3v) is 3.59. The Bertz CT molecular complexity index is 471. The van der Waals surface area contributed by atoms with Crippen molar-refractivity contribution in [2.75, 3.05) is 0 Å². The Kier molecular flexibility index (Phi) is 2.89. The minimum atomic E-state index is 0.121. The van der Waals surface area contributed by atoms with Gasteiger partial charge in [-0.1, -0.05) is 18.2 Å². The minimum absolute atomic E-state index is 0.121. The molecule has 78 valence electrons. The number of hydrogen-bond acceptors (Lipinski definition) is 2. The van der Waals surface area contributed by atoms with Crippen LogP contribution in [0.4, 0.5) is 0 Å². The summed E-state index contributed by atoms with van der Waals surface area (Å²) >= 11 is 1.80. The lowest BCUT2D eigenvalue weighted by Crippen LogP contribution is -1.88. The van der Waals surface area contributed by atoms with Crippen LogP contribution < -0.4 is 0 Å². The number of benzene rings is 1. The van der Waals surface area contributed by atoms with Crippen molar-refractivity contribution in [2.24, 2.45) is 0 Å². The fraction of sp³-hybridized carbons (Fsp3) is 0.231. The molecule has 0 fully saturated rings. The van der Waals surface area contributed by atoms with E-state index >= 15 is 0 Å². The number of thiophene rings is 1. The Balaban J connectivity index is 2.42. The first-order valence-electron chi connectivity index (χ1n) is 4.98. The number of aliphatic hydroxyl groups is 1. The van der Waals surface area contributed by atoms with Crippen molar-refractivity contribution in [3.63, 3.8) is 0 Å². The Morgan fingerprint density at radius 2 is 1.93 bits per heavy atom. The molecule has 0 radical (unpaired) electrons. The lowest BCUT2D eigenvalue weighted by molar-refractivity contribution is 0.281. The summed E-state index contributed by atoms with van der Waals surface area (Å²) in [7, 11) is 0. The van der Waals surface area contributed by atoms with Crippen LogP contribution in [0.1, 0.15) is 16.0 Å². The highest BCUT2D eigenvalue weighted by Gasteiger charge is 2.03. The van der Waals surface area contributed by atoms with Gasteiger partial charge in [-0.3, -0.25) is 0 Å². The predicted molar refractivity (Wildman–Crippen MR) is 65.2 cm³/mol. The Morgan fingerprint density at radius 3 is 2.47 bits per heavy atom. The van der Waals surface area contributed by atoms with Crippen LogP contribution in [0.3, 0.4) is 0 Å². The quantitative estimate of drug-likeness (QED) is 0.817. The van der Waals surface area contributed by atoms with Gasteiger partial charge in [0.05, 0.1) is 6.61 Å². The van der Waals surface area contributed by atoms with Crippen molar-refractivity contribution in [1.29, 1.82) is 0 Å². The van der Waals surface area contributed by atoms with Crippen molar-refractivity contribution >= 4 is 11.3 Å². The van der Waals surface area contributed by atoms with Crippen LogP contribution in [-0.4, -0.2) is 5.11 Å². The summed E-state index contributed by atoms with van der Waals surface area (Å²) in [5.41, 5.74) is 3.40. The van der Waals surface area contributed by atoms with Gasteiger partial charge in [-0.15, -0.1) is 11.3 Å². The van der Waals surface area contributed by atoms with Crippen LogP contribution in [-0.2, 0) is 6.61 Å². The molecule has 0 saturated carbocycles. The number of aryl methyl sites for hydroxylation is 2. The second-order valence-corrected chi connectivity index (χ2v) is 5.00. The number of hydrogen-bond donors (Lipinski definition) is 1. The summed E-state index contributed by atoms with van der Waals surface area (Å²) < 4.78 is 0. The Labute approximate surface area is 94.0 Å². The third kappa shape index (κ3) is 2.11. The zero-order chi connectivity index (χ0) is 10.8. The molecule has 0 aliphatic carbocycles. The van der Waals surface area contributed by atoms with E-state index < -0.39 is 0 Å². The first kappa shape index (κ1) is 10.4. The van der Waals surface area contributed by atoms with Crippen molar-refractivity contribution in [3.8, 4) is 10.4 Å². The summed E-state index contributed by atoms with van der Waals surface area (Å²) in [5, 5.41) is 9.09. The molecule has 0 unspecified atom stereocenters. The second kappa shape index (κ2) is 4.17. The summed E-state index contributed by atoms with van der Waals surface area (Å²) in [6, 6.07) is 10.5. The highest BCUT2D eigenvalue weighted by Crippen LogP contribution is 2.28. The second-order valence-electron chi connectivity index (χ2n) is 3.71. The van der Waals surface area contributed by atoms with Gasteiger partial charge in [0.1, 0.15) is 0 Å². The molecule has 2 heteroatoms. The van der Waals surface area contributed by atoms with E-state index in [1.165, 1.54) is 15.3 Å². The van der Waals surface area contributed by atoms with Crippen molar-refractivity contribution in [2.45, 2.75) is 20.5 Å². The van der Waals surface area contributed by atoms with Gasteiger partial charge in [-0.05, 0) is 42.7 Å². The fourth-order valence-electron chi connectivity index (χ4n) is 1.62. The molecule has 1 N–H and O–H groups in total. The molecule has 0 aliphatic rings. The van der Waals surface area contributed by atoms with Gasteiger partial charge in [-0.25, -0.2) is 0 Å². The molecule has 0 aliphatic heterocycles. The fourth-order valence-corrected chi connectivity index (χ4v) is 2.48. The van der Waals surface area contributed by atoms with Crippen LogP contribution in [0, 0.1) is 13.8 Å². The molecule has 15 heavy (non-hydrogen) atoms. The van der Waals surface area contributed by atoms with Gasteiger partial charge in [0.2, 0.25) is 0 Å². The minimum Gasteiger partial charge on any atom is -0.392 e. The van der Waals surface area contributed by atoms with Crippen molar-refractivity contribution in [3.05, 3.63) is 46.3 Å². The van der Waals surface area contributed by atoms with E-state index in [4.69, 9.17) is 5.11 Å². The van der Waals surface area contributed by atoms with Crippen LogP contribution in [0.5, 0.6) is 0 Å². The molecule has 1 nitrogen and oxygen atoms in total. The van der Waals surface area contributed by atoms with E-state index in [0.29, 0.717) is 0 Å². The molecule has 0 amide bonds. The van der Waals surface area contributed by atoms with Gasteiger partial charge in [0.25, 0.3) is 0 Å². The van der Waals surface area contributed by atoms with Gasteiger partial charge in [0, 0.05) is 9.75 Å². The van der Waals surface area contributed by atoms with Crippen molar-refractivity contribution < 1.29 is 5.11 Å². The van der Waals surface area contributed by atoms with E-state index in [0.717, 1.165) is 11.1 Å². The molecule has 1 aromatic heterocycles. The summed E-state index contributed by atoms with van der Waals surface area (Å²) in [6.07, 6.45) is 0. The topological polar surface area (TPSA) is 20.2 Å². The Morgan fingerprint density at radius 1 is 1.13 bits per heavy atom. The summed E-state index contributed by atoms with van der Waals surface area (Å²) in [6.45, 7) is 4.27. The normalized spacial score (nSPS) is 10.6. The number of aliphatic hydroxyl groups excluding tert-OH is 1. The zero-order valence-electron chi connectivity index (χ0n) is 8.95. The molecule has 2 rings (SSSR count). The monoisotopic (exact) mass is 218 g/mol. The maximum absolute atomic E-state index is 9.09. The molecule has 0 spiro atoms. The molecule has 1 heterocycles.